The summed E-state index contributed by atoms with van der Waals surface area (Å²) in [4.78, 5) is 8.56. The van der Waals surface area contributed by atoms with Crippen molar-refractivity contribution in [2.24, 2.45) is 0 Å². The van der Waals surface area contributed by atoms with E-state index < -0.39 is 6.16 Å². The Bertz CT molecular complexity index is 468. The minimum absolute atomic E-state index is 0.915. The van der Waals surface area contributed by atoms with Crippen LogP contribution in [0.5, 0.6) is 5.75 Å². The molecule has 4 heteroatoms. The Morgan fingerprint density at radius 3 is 2.23 bits per heavy atom. The fraction of sp³-hybridized carbons (Fsp3) is 0.389. The highest BCUT2D eigenvalue weighted by Crippen LogP contribution is 2.23. The van der Waals surface area contributed by atoms with Crippen LogP contribution in [0.25, 0.3) is 5.57 Å². The third kappa shape index (κ3) is 9.64. The maximum atomic E-state index is 8.56. The maximum Gasteiger partial charge on any atom is 0.503 e. The first-order valence-corrected chi connectivity index (χ1v) is 7.43. The molecule has 0 bridgehead atoms. The third-order valence-electron chi connectivity index (χ3n) is 3.00. The van der Waals surface area contributed by atoms with Gasteiger partial charge in [0.1, 0.15) is 5.75 Å². The Morgan fingerprint density at radius 1 is 1.18 bits per heavy atom. The highest BCUT2D eigenvalue weighted by molar-refractivity contribution is 5.67. The number of hydrogen-bond donors (Lipinski definition) is 2. The molecular weight excluding hydrogens is 280 g/mol. The standard InChI is InChI=1S/C17H24O.CH2O3/c1-4-6-8-10-15(9-7-5-2)16-11-13-17(18-3)14-12-16;2-1(3)4/h5,7,9,11-14H,4,6,8,10H2,1-3H3;(H2,2,3,4)/b7-5+,15-9+;. The van der Waals surface area contributed by atoms with Crippen molar-refractivity contribution in [1.82, 2.24) is 0 Å². The van der Waals surface area contributed by atoms with E-state index >= 15 is 0 Å². The smallest absolute Gasteiger partial charge is 0.497 e. The van der Waals surface area contributed by atoms with E-state index in [4.69, 9.17) is 19.7 Å². The van der Waals surface area contributed by atoms with E-state index in [0.29, 0.717) is 0 Å². The largest absolute Gasteiger partial charge is 0.503 e. The zero-order valence-corrected chi connectivity index (χ0v) is 13.6. The summed E-state index contributed by atoms with van der Waals surface area (Å²) in [7, 11) is 1.70. The van der Waals surface area contributed by atoms with Crippen molar-refractivity contribution in [3.05, 3.63) is 48.1 Å². The van der Waals surface area contributed by atoms with Crippen LogP contribution in [0.2, 0.25) is 0 Å². The molecular formula is C18H26O4. The topological polar surface area (TPSA) is 66.8 Å². The fourth-order valence-electron chi connectivity index (χ4n) is 1.91. The number of rotatable bonds is 7. The van der Waals surface area contributed by atoms with Crippen LogP contribution in [-0.4, -0.2) is 23.5 Å². The van der Waals surface area contributed by atoms with E-state index in [1.54, 1.807) is 7.11 Å². The van der Waals surface area contributed by atoms with Gasteiger partial charge in [-0.3, -0.25) is 0 Å². The van der Waals surface area contributed by atoms with Crippen LogP contribution >= 0.6 is 0 Å². The van der Waals surface area contributed by atoms with Crippen LogP contribution in [-0.2, 0) is 0 Å². The van der Waals surface area contributed by atoms with Gasteiger partial charge in [-0.25, -0.2) is 4.79 Å². The highest BCUT2D eigenvalue weighted by atomic mass is 16.6. The summed E-state index contributed by atoms with van der Waals surface area (Å²) in [6, 6.07) is 8.33. The first-order chi connectivity index (χ1) is 10.5. The molecule has 1 aromatic rings. The molecule has 0 amide bonds. The molecule has 122 valence electrons. The molecule has 0 unspecified atom stereocenters. The van der Waals surface area contributed by atoms with Crippen molar-refractivity contribution in [2.45, 2.75) is 39.5 Å². The lowest BCUT2D eigenvalue weighted by Crippen LogP contribution is -1.87. The van der Waals surface area contributed by atoms with Crippen molar-refractivity contribution < 1.29 is 19.7 Å². The second kappa shape index (κ2) is 12.5. The van der Waals surface area contributed by atoms with Gasteiger partial charge >= 0.3 is 6.16 Å². The molecule has 0 atom stereocenters. The quantitative estimate of drug-likeness (QED) is 0.518. The zero-order valence-electron chi connectivity index (χ0n) is 13.6. The number of hydrogen-bond acceptors (Lipinski definition) is 2. The molecule has 0 radical (unpaired) electrons. The van der Waals surface area contributed by atoms with Crippen LogP contribution < -0.4 is 4.74 Å². The fourth-order valence-corrected chi connectivity index (χ4v) is 1.91. The lowest BCUT2D eigenvalue weighted by Gasteiger charge is -2.08. The summed E-state index contributed by atoms with van der Waals surface area (Å²) in [6.07, 6.45) is 9.53. The molecule has 0 saturated carbocycles. The number of unbranched alkanes of at least 4 members (excludes halogenated alkanes) is 2. The average Bonchev–Trinajstić information content (AvgIpc) is 2.50. The van der Waals surface area contributed by atoms with Crippen LogP contribution in [0, 0.1) is 0 Å². The molecule has 0 heterocycles. The lowest BCUT2D eigenvalue weighted by atomic mass is 9.99. The Kier molecular flexibility index (Phi) is 11.2. The van der Waals surface area contributed by atoms with Crippen molar-refractivity contribution >= 4 is 11.7 Å². The van der Waals surface area contributed by atoms with E-state index in [0.717, 1.165) is 12.2 Å². The number of allylic oxidation sites excluding steroid dienone is 4. The summed E-state index contributed by atoms with van der Waals surface area (Å²) < 4.78 is 5.20. The van der Waals surface area contributed by atoms with Crippen LogP contribution in [0.3, 0.4) is 0 Å². The first kappa shape index (κ1) is 19.8. The predicted molar refractivity (Wildman–Crippen MR) is 90.6 cm³/mol. The normalized spacial score (nSPS) is 11.0. The van der Waals surface area contributed by atoms with Gasteiger partial charge in [0.15, 0.2) is 0 Å². The molecule has 2 N–H and O–H groups in total. The van der Waals surface area contributed by atoms with Gasteiger partial charge in [0, 0.05) is 0 Å². The van der Waals surface area contributed by atoms with Crippen molar-refractivity contribution in [3.8, 4) is 5.75 Å². The molecule has 1 rings (SSSR count). The molecule has 4 nitrogen and oxygen atoms in total. The minimum Gasteiger partial charge on any atom is -0.497 e. The lowest BCUT2D eigenvalue weighted by molar-refractivity contribution is 0.137. The summed E-state index contributed by atoms with van der Waals surface area (Å²) in [6.45, 7) is 4.29. The summed E-state index contributed by atoms with van der Waals surface area (Å²) in [5, 5.41) is 13.9. The van der Waals surface area contributed by atoms with Crippen molar-refractivity contribution in [2.75, 3.05) is 7.11 Å². The Balaban J connectivity index is 0.000000980. The number of carboxylic acid groups (broad SMARTS) is 2. The monoisotopic (exact) mass is 306 g/mol. The first-order valence-electron chi connectivity index (χ1n) is 7.43. The van der Waals surface area contributed by atoms with E-state index in [1.165, 1.54) is 30.4 Å². The number of ether oxygens (including phenoxy) is 1. The highest BCUT2D eigenvalue weighted by Gasteiger charge is 2.01. The zero-order chi connectivity index (χ0) is 16.8. The molecule has 0 aliphatic heterocycles. The van der Waals surface area contributed by atoms with Gasteiger partial charge in [-0.1, -0.05) is 50.1 Å². The van der Waals surface area contributed by atoms with Crippen molar-refractivity contribution in [1.29, 1.82) is 0 Å². The number of carbonyl (C=O) groups is 1. The summed E-state index contributed by atoms with van der Waals surface area (Å²) in [5.74, 6) is 0.915. The Morgan fingerprint density at radius 2 is 1.77 bits per heavy atom. The van der Waals surface area contributed by atoms with E-state index in [2.05, 4.69) is 37.3 Å². The Labute approximate surface area is 132 Å². The van der Waals surface area contributed by atoms with Gasteiger partial charge in [-0.15, -0.1) is 0 Å². The molecule has 0 spiro atoms. The predicted octanol–water partition coefficient (Wildman–Crippen LogP) is 5.46. The third-order valence-corrected chi connectivity index (χ3v) is 3.00. The van der Waals surface area contributed by atoms with Crippen LogP contribution in [0.1, 0.15) is 45.1 Å². The second-order valence-corrected chi connectivity index (χ2v) is 4.69. The molecule has 0 aromatic heterocycles. The molecule has 1 aromatic carbocycles. The number of methoxy groups -OCH3 is 1. The van der Waals surface area contributed by atoms with Crippen LogP contribution in [0.15, 0.2) is 42.5 Å². The number of benzene rings is 1. The van der Waals surface area contributed by atoms with Crippen LogP contribution in [0.4, 0.5) is 4.79 Å². The molecule has 0 fully saturated rings. The van der Waals surface area contributed by atoms with E-state index in [9.17, 15) is 0 Å². The molecule has 22 heavy (non-hydrogen) atoms. The van der Waals surface area contributed by atoms with Gasteiger partial charge in [0.2, 0.25) is 0 Å². The Hall–Kier alpha value is -2.23. The molecule has 0 saturated heterocycles. The van der Waals surface area contributed by atoms with Gasteiger partial charge in [-0.2, -0.15) is 0 Å². The average molecular weight is 306 g/mol. The maximum absolute atomic E-state index is 8.56. The molecule has 0 aliphatic rings. The second-order valence-electron chi connectivity index (χ2n) is 4.69. The van der Waals surface area contributed by atoms with Gasteiger partial charge in [0.25, 0.3) is 0 Å². The summed E-state index contributed by atoms with van der Waals surface area (Å²) in [5.41, 5.74) is 2.70. The SMILES string of the molecule is C/C=C/C=C(\CCCCC)c1ccc(OC)cc1.O=C(O)O. The van der Waals surface area contributed by atoms with Gasteiger partial charge < -0.3 is 14.9 Å². The van der Waals surface area contributed by atoms with Gasteiger partial charge in [0.05, 0.1) is 7.11 Å². The van der Waals surface area contributed by atoms with E-state index in [1.807, 2.05) is 19.1 Å². The van der Waals surface area contributed by atoms with Crippen molar-refractivity contribution in [3.63, 3.8) is 0 Å². The molecule has 0 aliphatic carbocycles. The summed E-state index contributed by atoms with van der Waals surface area (Å²) >= 11 is 0. The minimum atomic E-state index is -1.83. The van der Waals surface area contributed by atoms with E-state index in [-0.39, 0.29) is 0 Å². The van der Waals surface area contributed by atoms with Gasteiger partial charge in [-0.05, 0) is 43.0 Å².